The van der Waals surface area contributed by atoms with Gasteiger partial charge in [-0.05, 0) is 35.9 Å². The van der Waals surface area contributed by atoms with Gasteiger partial charge in [0, 0.05) is 17.9 Å². The van der Waals surface area contributed by atoms with Crippen LogP contribution in [-0.2, 0) is 6.54 Å². The maximum Gasteiger partial charge on any atom is 0.250 e. The number of hydrogen-bond donors (Lipinski definition) is 3. The number of amides is 1. The second-order valence-corrected chi connectivity index (χ2v) is 4.15. The van der Waals surface area contributed by atoms with Crippen LogP contribution in [0, 0.1) is 5.82 Å². The Morgan fingerprint density at radius 2 is 2.00 bits per heavy atom. The maximum absolute atomic E-state index is 13.1. The fourth-order valence-corrected chi connectivity index (χ4v) is 1.77. The van der Waals surface area contributed by atoms with Gasteiger partial charge in [-0.3, -0.25) is 4.79 Å². The molecule has 98 valence electrons. The highest BCUT2D eigenvalue weighted by atomic mass is 19.1. The standard InChI is InChI=1S/C14H14FN3O/c15-10-4-5-13(12(7-10)14(17)19)18-8-9-2-1-3-11(16)6-9/h1-7,18H,8,16H2,(H2,17,19). The van der Waals surface area contributed by atoms with E-state index in [-0.39, 0.29) is 5.56 Å². The van der Waals surface area contributed by atoms with E-state index in [1.54, 1.807) is 6.07 Å². The summed E-state index contributed by atoms with van der Waals surface area (Å²) in [4.78, 5) is 11.2. The van der Waals surface area contributed by atoms with Crippen molar-refractivity contribution < 1.29 is 9.18 Å². The van der Waals surface area contributed by atoms with Gasteiger partial charge >= 0.3 is 0 Å². The number of anilines is 2. The van der Waals surface area contributed by atoms with Crippen LogP contribution >= 0.6 is 0 Å². The van der Waals surface area contributed by atoms with Crippen LogP contribution < -0.4 is 16.8 Å². The van der Waals surface area contributed by atoms with Crippen LogP contribution in [-0.4, -0.2) is 5.91 Å². The molecule has 5 heteroatoms. The molecule has 2 rings (SSSR count). The molecule has 0 unspecified atom stereocenters. The molecule has 5 N–H and O–H groups in total. The molecular formula is C14H14FN3O. The van der Waals surface area contributed by atoms with E-state index in [1.165, 1.54) is 12.1 Å². The van der Waals surface area contributed by atoms with Crippen LogP contribution in [0.15, 0.2) is 42.5 Å². The van der Waals surface area contributed by atoms with Crippen molar-refractivity contribution in [3.63, 3.8) is 0 Å². The lowest BCUT2D eigenvalue weighted by Gasteiger charge is -2.10. The average Bonchev–Trinajstić information content (AvgIpc) is 2.37. The fraction of sp³-hybridized carbons (Fsp3) is 0.0714. The molecule has 0 aliphatic heterocycles. The SMILES string of the molecule is NC(=O)c1cc(F)ccc1NCc1cccc(N)c1. The Labute approximate surface area is 110 Å². The Morgan fingerprint density at radius 1 is 1.21 bits per heavy atom. The summed E-state index contributed by atoms with van der Waals surface area (Å²) in [5.74, 6) is -1.17. The first kappa shape index (κ1) is 12.9. The molecule has 0 radical (unpaired) electrons. The number of nitrogens with two attached hydrogens (primary N) is 2. The number of rotatable bonds is 4. The number of primary amides is 1. The Bertz CT molecular complexity index is 613. The minimum Gasteiger partial charge on any atom is -0.399 e. The monoisotopic (exact) mass is 259 g/mol. The van der Waals surface area contributed by atoms with Crippen LogP contribution in [0.25, 0.3) is 0 Å². The number of hydrogen-bond acceptors (Lipinski definition) is 3. The van der Waals surface area contributed by atoms with Gasteiger partial charge in [-0.25, -0.2) is 4.39 Å². The fourth-order valence-electron chi connectivity index (χ4n) is 1.77. The summed E-state index contributed by atoms with van der Waals surface area (Å²) < 4.78 is 13.1. The maximum atomic E-state index is 13.1. The normalized spacial score (nSPS) is 10.2. The highest BCUT2D eigenvalue weighted by molar-refractivity contribution is 5.98. The molecule has 0 aromatic heterocycles. The van der Waals surface area contributed by atoms with Gasteiger partial charge in [-0.2, -0.15) is 0 Å². The van der Waals surface area contributed by atoms with E-state index in [1.807, 2.05) is 18.2 Å². The van der Waals surface area contributed by atoms with E-state index < -0.39 is 11.7 Å². The molecule has 19 heavy (non-hydrogen) atoms. The molecule has 2 aromatic carbocycles. The third-order valence-corrected chi connectivity index (χ3v) is 2.68. The zero-order valence-corrected chi connectivity index (χ0v) is 10.2. The molecule has 1 amide bonds. The summed E-state index contributed by atoms with van der Waals surface area (Å²) in [5.41, 5.74) is 13.1. The summed E-state index contributed by atoms with van der Waals surface area (Å²) in [5, 5.41) is 3.04. The highest BCUT2D eigenvalue weighted by Gasteiger charge is 2.09. The zero-order chi connectivity index (χ0) is 13.8. The third kappa shape index (κ3) is 3.22. The lowest BCUT2D eigenvalue weighted by atomic mass is 10.1. The van der Waals surface area contributed by atoms with E-state index >= 15 is 0 Å². The van der Waals surface area contributed by atoms with E-state index in [2.05, 4.69) is 5.32 Å². The smallest absolute Gasteiger partial charge is 0.250 e. The number of nitrogen functional groups attached to an aromatic ring is 1. The van der Waals surface area contributed by atoms with Crippen molar-refractivity contribution >= 4 is 17.3 Å². The van der Waals surface area contributed by atoms with E-state index in [0.717, 1.165) is 11.6 Å². The quantitative estimate of drug-likeness (QED) is 0.736. The summed E-state index contributed by atoms with van der Waals surface area (Å²) in [7, 11) is 0. The van der Waals surface area contributed by atoms with E-state index in [4.69, 9.17) is 11.5 Å². The molecule has 0 saturated heterocycles. The van der Waals surface area contributed by atoms with Crippen LogP contribution in [0.5, 0.6) is 0 Å². The van der Waals surface area contributed by atoms with Crippen LogP contribution in [0.2, 0.25) is 0 Å². The molecule has 0 spiro atoms. The lowest BCUT2D eigenvalue weighted by Crippen LogP contribution is -2.14. The Balaban J connectivity index is 2.17. The summed E-state index contributed by atoms with van der Waals surface area (Å²) in [6.45, 7) is 0.469. The summed E-state index contributed by atoms with van der Waals surface area (Å²) >= 11 is 0. The second kappa shape index (κ2) is 5.39. The molecule has 4 nitrogen and oxygen atoms in total. The van der Waals surface area contributed by atoms with Crippen molar-refractivity contribution in [3.05, 3.63) is 59.4 Å². The Hall–Kier alpha value is -2.56. The molecule has 0 aliphatic carbocycles. The first-order valence-electron chi connectivity index (χ1n) is 5.74. The number of benzene rings is 2. The molecular weight excluding hydrogens is 245 g/mol. The molecule has 0 atom stereocenters. The zero-order valence-electron chi connectivity index (χ0n) is 10.2. The predicted molar refractivity (Wildman–Crippen MR) is 73.1 cm³/mol. The molecule has 0 aliphatic rings. The van der Waals surface area contributed by atoms with Gasteiger partial charge in [0.15, 0.2) is 0 Å². The van der Waals surface area contributed by atoms with Crippen molar-refractivity contribution in [2.75, 3.05) is 11.1 Å². The summed E-state index contributed by atoms with van der Waals surface area (Å²) in [6.07, 6.45) is 0. The number of carbonyl (C=O) groups excluding carboxylic acids is 1. The van der Waals surface area contributed by atoms with Crippen LogP contribution in [0.1, 0.15) is 15.9 Å². The van der Waals surface area contributed by atoms with Gasteiger partial charge < -0.3 is 16.8 Å². The molecule has 0 heterocycles. The Morgan fingerprint density at radius 3 is 2.68 bits per heavy atom. The van der Waals surface area contributed by atoms with E-state index in [9.17, 15) is 9.18 Å². The van der Waals surface area contributed by atoms with Gasteiger partial charge in [-0.15, -0.1) is 0 Å². The van der Waals surface area contributed by atoms with Gasteiger partial charge in [0.1, 0.15) is 5.82 Å². The average molecular weight is 259 g/mol. The largest absolute Gasteiger partial charge is 0.399 e. The van der Waals surface area contributed by atoms with Crippen molar-refractivity contribution in [3.8, 4) is 0 Å². The molecule has 0 saturated carbocycles. The van der Waals surface area contributed by atoms with Crippen molar-refractivity contribution in [2.45, 2.75) is 6.54 Å². The van der Waals surface area contributed by atoms with Crippen LogP contribution in [0.4, 0.5) is 15.8 Å². The van der Waals surface area contributed by atoms with Crippen molar-refractivity contribution in [1.29, 1.82) is 0 Å². The first-order chi connectivity index (χ1) is 9.06. The minimum atomic E-state index is -0.672. The minimum absolute atomic E-state index is 0.129. The number of halogens is 1. The summed E-state index contributed by atoms with van der Waals surface area (Å²) in [6, 6.07) is 11.2. The second-order valence-electron chi connectivity index (χ2n) is 4.15. The predicted octanol–water partition coefficient (Wildman–Crippen LogP) is 2.12. The lowest BCUT2D eigenvalue weighted by molar-refractivity contribution is 0.100. The molecule has 0 bridgehead atoms. The third-order valence-electron chi connectivity index (χ3n) is 2.68. The Kier molecular flexibility index (Phi) is 3.66. The van der Waals surface area contributed by atoms with Crippen LogP contribution in [0.3, 0.4) is 0 Å². The van der Waals surface area contributed by atoms with Gasteiger partial charge in [0.2, 0.25) is 0 Å². The van der Waals surface area contributed by atoms with Crippen molar-refractivity contribution in [1.82, 2.24) is 0 Å². The molecule has 0 fully saturated rings. The van der Waals surface area contributed by atoms with Gasteiger partial charge in [-0.1, -0.05) is 12.1 Å². The number of nitrogens with one attached hydrogen (secondary N) is 1. The number of carbonyl (C=O) groups is 1. The van der Waals surface area contributed by atoms with E-state index in [0.29, 0.717) is 17.9 Å². The van der Waals surface area contributed by atoms with Gasteiger partial charge in [0.25, 0.3) is 5.91 Å². The van der Waals surface area contributed by atoms with Crippen molar-refractivity contribution in [2.24, 2.45) is 5.73 Å². The first-order valence-corrected chi connectivity index (χ1v) is 5.74. The molecule has 2 aromatic rings. The van der Waals surface area contributed by atoms with Gasteiger partial charge in [0.05, 0.1) is 5.56 Å². The highest BCUT2D eigenvalue weighted by Crippen LogP contribution is 2.18. The topological polar surface area (TPSA) is 81.1 Å².